The standard InChI is InChI=1S/C11H11N3O5S/c12-5-8-10(2-1-3-13-8)20(18,19)14-6-7(15)4-9(14)11(16)17/h1-3,7,9,15H,4,6H2,(H,16,17)/t7?,9-/m0/s1. The maximum Gasteiger partial charge on any atom is 0.322 e. The van der Waals surface area contributed by atoms with E-state index in [1.165, 1.54) is 18.3 Å². The van der Waals surface area contributed by atoms with Crippen LogP contribution in [0.1, 0.15) is 12.1 Å². The second kappa shape index (κ2) is 5.16. The number of rotatable bonds is 3. The minimum absolute atomic E-state index is 0.184. The van der Waals surface area contributed by atoms with E-state index in [1.54, 1.807) is 6.07 Å². The number of hydrogen-bond donors (Lipinski definition) is 2. The molecule has 0 bridgehead atoms. The SMILES string of the molecule is N#Cc1ncccc1S(=O)(=O)N1CC(O)C[C@H]1C(=O)O. The van der Waals surface area contributed by atoms with E-state index in [2.05, 4.69) is 4.98 Å². The molecule has 1 aromatic heterocycles. The summed E-state index contributed by atoms with van der Waals surface area (Å²) in [6.45, 7) is -0.320. The maximum atomic E-state index is 12.4. The number of hydrogen-bond acceptors (Lipinski definition) is 6. The summed E-state index contributed by atoms with van der Waals surface area (Å²) in [5, 5.41) is 27.4. The van der Waals surface area contributed by atoms with Crippen molar-refractivity contribution in [3.63, 3.8) is 0 Å². The topological polar surface area (TPSA) is 132 Å². The Morgan fingerprint density at radius 1 is 1.55 bits per heavy atom. The molecular formula is C11H11N3O5S. The van der Waals surface area contributed by atoms with Gasteiger partial charge in [-0.1, -0.05) is 0 Å². The van der Waals surface area contributed by atoms with Gasteiger partial charge in [-0.3, -0.25) is 4.79 Å². The average molecular weight is 297 g/mol. The fraction of sp³-hybridized carbons (Fsp3) is 0.364. The molecule has 2 heterocycles. The molecule has 1 aliphatic rings. The third-order valence-electron chi connectivity index (χ3n) is 2.98. The number of carbonyl (C=O) groups is 1. The monoisotopic (exact) mass is 297 g/mol. The van der Waals surface area contributed by atoms with E-state index in [4.69, 9.17) is 10.4 Å². The lowest BCUT2D eigenvalue weighted by atomic mass is 10.2. The van der Waals surface area contributed by atoms with Crippen LogP contribution >= 0.6 is 0 Å². The summed E-state index contributed by atoms with van der Waals surface area (Å²) < 4.78 is 25.6. The van der Waals surface area contributed by atoms with Gasteiger partial charge in [0.25, 0.3) is 0 Å². The van der Waals surface area contributed by atoms with Gasteiger partial charge in [-0.2, -0.15) is 9.57 Å². The summed E-state index contributed by atoms with van der Waals surface area (Å²) in [6.07, 6.45) is 0.0370. The summed E-state index contributed by atoms with van der Waals surface area (Å²) in [5.41, 5.74) is -0.307. The van der Waals surface area contributed by atoms with Crippen molar-refractivity contribution in [2.75, 3.05) is 6.54 Å². The molecule has 0 aromatic carbocycles. The van der Waals surface area contributed by atoms with Gasteiger partial charge in [0, 0.05) is 19.2 Å². The molecule has 0 aliphatic carbocycles. The van der Waals surface area contributed by atoms with Gasteiger partial charge in [0.05, 0.1) is 6.10 Å². The lowest BCUT2D eigenvalue weighted by Gasteiger charge is -2.20. The number of nitriles is 1. The Kier molecular flexibility index (Phi) is 3.71. The molecule has 1 saturated heterocycles. The lowest BCUT2D eigenvalue weighted by Crippen LogP contribution is -2.40. The second-order valence-electron chi connectivity index (χ2n) is 4.28. The van der Waals surface area contributed by atoms with Crippen molar-refractivity contribution in [3.05, 3.63) is 24.0 Å². The summed E-state index contributed by atoms with van der Waals surface area (Å²) in [6, 6.07) is 2.84. The highest BCUT2D eigenvalue weighted by atomic mass is 32.2. The Labute approximate surface area is 114 Å². The van der Waals surface area contributed by atoms with Crippen molar-refractivity contribution < 1.29 is 23.4 Å². The fourth-order valence-electron chi connectivity index (χ4n) is 2.08. The number of aliphatic carboxylic acids is 1. The first-order valence-electron chi connectivity index (χ1n) is 5.65. The van der Waals surface area contributed by atoms with Gasteiger partial charge in [0.2, 0.25) is 10.0 Å². The van der Waals surface area contributed by atoms with E-state index >= 15 is 0 Å². The Bertz CT molecular complexity index is 682. The zero-order valence-corrected chi connectivity index (χ0v) is 11.0. The summed E-state index contributed by atoms with van der Waals surface area (Å²) >= 11 is 0. The van der Waals surface area contributed by atoms with E-state index in [1.807, 2.05) is 0 Å². The third-order valence-corrected chi connectivity index (χ3v) is 4.89. The van der Waals surface area contributed by atoms with Crippen LogP contribution < -0.4 is 0 Å². The molecule has 2 N–H and O–H groups in total. The smallest absolute Gasteiger partial charge is 0.322 e. The highest BCUT2D eigenvalue weighted by Crippen LogP contribution is 2.27. The molecule has 0 radical (unpaired) electrons. The zero-order valence-electron chi connectivity index (χ0n) is 10.2. The lowest BCUT2D eigenvalue weighted by molar-refractivity contribution is -0.140. The van der Waals surface area contributed by atoms with E-state index in [0.29, 0.717) is 4.31 Å². The van der Waals surface area contributed by atoms with E-state index in [9.17, 15) is 18.3 Å². The predicted octanol–water partition coefficient (Wildman–Crippen LogP) is -0.838. The van der Waals surface area contributed by atoms with E-state index in [-0.39, 0.29) is 23.6 Å². The van der Waals surface area contributed by atoms with Crippen molar-refractivity contribution in [2.24, 2.45) is 0 Å². The number of carboxylic acid groups (broad SMARTS) is 1. The van der Waals surface area contributed by atoms with Gasteiger partial charge in [0.1, 0.15) is 17.0 Å². The highest BCUT2D eigenvalue weighted by Gasteiger charge is 2.44. The van der Waals surface area contributed by atoms with Crippen LogP contribution in [0.3, 0.4) is 0 Å². The summed E-state index contributed by atoms with van der Waals surface area (Å²) in [4.78, 5) is 14.4. The second-order valence-corrected chi connectivity index (χ2v) is 6.14. The van der Waals surface area contributed by atoms with Gasteiger partial charge in [-0.15, -0.1) is 0 Å². The Morgan fingerprint density at radius 2 is 2.25 bits per heavy atom. The molecule has 8 nitrogen and oxygen atoms in total. The summed E-state index contributed by atoms with van der Waals surface area (Å²) in [5.74, 6) is -1.34. The Hall–Kier alpha value is -2.02. The molecule has 0 amide bonds. The maximum absolute atomic E-state index is 12.4. The molecule has 20 heavy (non-hydrogen) atoms. The first-order chi connectivity index (χ1) is 9.37. The number of aliphatic hydroxyl groups is 1. The van der Waals surface area contributed by atoms with Crippen LogP contribution in [0.5, 0.6) is 0 Å². The number of β-amino-alcohol motifs (C(OH)–C–C–N with tert-alkyl or cyclic N) is 1. The van der Waals surface area contributed by atoms with Crippen LogP contribution in [0.4, 0.5) is 0 Å². The van der Waals surface area contributed by atoms with Crippen molar-refractivity contribution in [1.29, 1.82) is 5.26 Å². The molecular weight excluding hydrogens is 286 g/mol. The third kappa shape index (κ3) is 2.36. The van der Waals surface area contributed by atoms with E-state index in [0.717, 1.165) is 0 Å². The van der Waals surface area contributed by atoms with Gasteiger partial charge in [0.15, 0.2) is 5.69 Å². The first kappa shape index (κ1) is 14.4. The number of carboxylic acids is 1. The first-order valence-corrected chi connectivity index (χ1v) is 7.09. The Balaban J connectivity index is 2.50. The molecule has 0 spiro atoms. The number of aliphatic hydroxyl groups excluding tert-OH is 1. The van der Waals surface area contributed by atoms with Crippen molar-refractivity contribution >= 4 is 16.0 Å². The quantitative estimate of drug-likeness (QED) is 0.743. The predicted molar refractivity (Wildman–Crippen MR) is 64.9 cm³/mol. The van der Waals surface area contributed by atoms with Gasteiger partial charge >= 0.3 is 5.97 Å². The van der Waals surface area contributed by atoms with Crippen LogP contribution in [0.2, 0.25) is 0 Å². The fourth-order valence-corrected chi connectivity index (χ4v) is 3.81. The normalized spacial score (nSPS) is 23.4. The molecule has 1 aromatic rings. The number of aromatic nitrogens is 1. The number of pyridine rings is 1. The molecule has 106 valence electrons. The minimum atomic E-state index is -4.20. The van der Waals surface area contributed by atoms with Crippen molar-refractivity contribution in [3.8, 4) is 6.07 Å². The molecule has 1 fully saturated rings. The van der Waals surface area contributed by atoms with Gasteiger partial charge in [-0.25, -0.2) is 13.4 Å². The zero-order chi connectivity index (χ0) is 14.9. The molecule has 0 saturated carbocycles. The van der Waals surface area contributed by atoms with Crippen LogP contribution in [0.25, 0.3) is 0 Å². The van der Waals surface area contributed by atoms with Gasteiger partial charge < -0.3 is 10.2 Å². The minimum Gasteiger partial charge on any atom is -0.480 e. The summed E-state index contributed by atoms with van der Waals surface area (Å²) in [7, 11) is -4.20. The highest BCUT2D eigenvalue weighted by molar-refractivity contribution is 7.89. The van der Waals surface area contributed by atoms with Crippen LogP contribution in [-0.2, 0) is 14.8 Å². The molecule has 2 atom stereocenters. The van der Waals surface area contributed by atoms with Crippen LogP contribution in [-0.4, -0.2) is 52.6 Å². The van der Waals surface area contributed by atoms with Crippen LogP contribution in [0, 0.1) is 11.3 Å². The largest absolute Gasteiger partial charge is 0.480 e. The number of sulfonamides is 1. The van der Waals surface area contributed by atoms with Crippen molar-refractivity contribution in [2.45, 2.75) is 23.5 Å². The van der Waals surface area contributed by atoms with Gasteiger partial charge in [-0.05, 0) is 12.1 Å². The molecule has 1 aliphatic heterocycles. The molecule has 1 unspecified atom stereocenters. The van der Waals surface area contributed by atoms with Crippen LogP contribution in [0.15, 0.2) is 23.2 Å². The molecule has 2 rings (SSSR count). The average Bonchev–Trinajstić information content (AvgIpc) is 2.82. The Morgan fingerprint density at radius 3 is 2.85 bits per heavy atom. The van der Waals surface area contributed by atoms with E-state index < -0.39 is 28.1 Å². The van der Waals surface area contributed by atoms with Crippen molar-refractivity contribution in [1.82, 2.24) is 9.29 Å². The molecule has 9 heteroatoms. The number of nitrogens with zero attached hydrogens (tertiary/aromatic N) is 3.